The third-order valence-electron chi connectivity index (χ3n) is 3.73. The normalized spacial score (nSPS) is 19.4. The van der Waals surface area contributed by atoms with Crippen LogP contribution in [0.25, 0.3) is 11.1 Å². The van der Waals surface area contributed by atoms with Gasteiger partial charge in [0.25, 0.3) is 5.71 Å². The number of aromatic nitrogens is 3. The van der Waals surface area contributed by atoms with Crippen molar-refractivity contribution in [3.05, 3.63) is 12.0 Å². The van der Waals surface area contributed by atoms with Gasteiger partial charge in [-0.15, -0.1) is 0 Å². The van der Waals surface area contributed by atoms with Crippen LogP contribution in [0.5, 0.6) is 0 Å². The zero-order valence-electron chi connectivity index (χ0n) is 11.2. The van der Waals surface area contributed by atoms with Gasteiger partial charge in [0.15, 0.2) is 0 Å². The Bertz CT molecular complexity index is 640. The van der Waals surface area contributed by atoms with Gasteiger partial charge < -0.3 is 14.5 Å². The molecule has 1 saturated heterocycles. The molecule has 106 valence electrons. The Hall–Kier alpha value is -2.18. The van der Waals surface area contributed by atoms with E-state index in [2.05, 4.69) is 15.1 Å². The van der Waals surface area contributed by atoms with Crippen LogP contribution in [0.15, 0.2) is 10.9 Å². The SMILES string of the molecule is CCc1noc2ncnc(N3CCCC(C(=O)O)C3)c12. The zero-order chi connectivity index (χ0) is 14.1. The van der Waals surface area contributed by atoms with Gasteiger partial charge in [-0.1, -0.05) is 12.1 Å². The number of piperidine rings is 1. The van der Waals surface area contributed by atoms with Crippen molar-refractivity contribution >= 4 is 22.9 Å². The Morgan fingerprint density at radius 1 is 1.55 bits per heavy atom. The number of carboxylic acids is 1. The summed E-state index contributed by atoms with van der Waals surface area (Å²) in [6.45, 7) is 3.25. The third-order valence-corrected chi connectivity index (χ3v) is 3.73. The lowest BCUT2D eigenvalue weighted by Gasteiger charge is -2.31. The molecule has 1 aliphatic heterocycles. The molecule has 0 aromatic carbocycles. The van der Waals surface area contributed by atoms with E-state index < -0.39 is 5.97 Å². The summed E-state index contributed by atoms with van der Waals surface area (Å²) in [4.78, 5) is 21.6. The number of aryl methyl sites for hydroxylation is 1. The number of fused-ring (bicyclic) bond motifs is 1. The van der Waals surface area contributed by atoms with E-state index in [9.17, 15) is 9.90 Å². The lowest BCUT2D eigenvalue weighted by Crippen LogP contribution is -2.39. The Balaban J connectivity index is 2.01. The maximum atomic E-state index is 11.2. The van der Waals surface area contributed by atoms with Crippen LogP contribution in [0.2, 0.25) is 0 Å². The van der Waals surface area contributed by atoms with Gasteiger partial charge in [-0.05, 0) is 19.3 Å². The molecule has 1 aliphatic rings. The molecule has 2 aromatic rings. The van der Waals surface area contributed by atoms with Crippen molar-refractivity contribution in [3.63, 3.8) is 0 Å². The van der Waals surface area contributed by atoms with E-state index in [1.807, 2.05) is 11.8 Å². The fraction of sp³-hybridized carbons (Fsp3) is 0.538. The van der Waals surface area contributed by atoms with Gasteiger partial charge in [-0.2, -0.15) is 4.98 Å². The minimum atomic E-state index is -0.749. The fourth-order valence-corrected chi connectivity index (χ4v) is 2.68. The highest BCUT2D eigenvalue weighted by molar-refractivity contribution is 5.88. The highest BCUT2D eigenvalue weighted by atomic mass is 16.5. The standard InChI is InChI=1S/C13H16N4O3/c1-2-9-10-11(14-7-15-12(10)20-16-9)17-5-3-4-8(6-17)13(18)19/h7-8H,2-6H2,1H3,(H,18,19). The van der Waals surface area contributed by atoms with Crippen molar-refractivity contribution in [2.45, 2.75) is 26.2 Å². The summed E-state index contributed by atoms with van der Waals surface area (Å²) in [5.41, 5.74) is 1.28. The van der Waals surface area contributed by atoms with E-state index >= 15 is 0 Å². The van der Waals surface area contributed by atoms with E-state index in [0.29, 0.717) is 18.7 Å². The van der Waals surface area contributed by atoms with Gasteiger partial charge >= 0.3 is 5.97 Å². The quantitative estimate of drug-likeness (QED) is 0.907. The summed E-state index contributed by atoms with van der Waals surface area (Å²) in [7, 11) is 0. The summed E-state index contributed by atoms with van der Waals surface area (Å²) in [6, 6.07) is 0. The minimum absolute atomic E-state index is 0.348. The molecular formula is C13H16N4O3. The summed E-state index contributed by atoms with van der Waals surface area (Å²) in [5.74, 6) is -0.362. The average Bonchev–Trinajstić information content (AvgIpc) is 2.90. The Labute approximate surface area is 115 Å². The molecule has 1 fully saturated rings. The number of carboxylic acid groups (broad SMARTS) is 1. The number of nitrogens with zero attached hydrogens (tertiary/aromatic N) is 4. The predicted octanol–water partition coefficient (Wildman–Crippen LogP) is 1.48. The molecule has 0 bridgehead atoms. The number of carbonyl (C=O) groups is 1. The van der Waals surface area contributed by atoms with Gasteiger partial charge in [0.05, 0.1) is 11.6 Å². The molecule has 0 spiro atoms. The lowest BCUT2D eigenvalue weighted by atomic mass is 9.98. The molecular weight excluding hydrogens is 260 g/mol. The monoisotopic (exact) mass is 276 g/mol. The van der Waals surface area contributed by atoms with Crippen molar-refractivity contribution < 1.29 is 14.4 Å². The summed E-state index contributed by atoms with van der Waals surface area (Å²) >= 11 is 0. The maximum Gasteiger partial charge on any atom is 0.308 e. The van der Waals surface area contributed by atoms with E-state index in [1.54, 1.807) is 0 Å². The first kappa shape index (κ1) is 12.8. The van der Waals surface area contributed by atoms with Gasteiger partial charge in [0.2, 0.25) is 0 Å². The van der Waals surface area contributed by atoms with E-state index in [0.717, 1.165) is 36.3 Å². The first-order valence-electron chi connectivity index (χ1n) is 6.77. The summed E-state index contributed by atoms with van der Waals surface area (Å²) in [5, 5.41) is 14.0. The molecule has 7 nitrogen and oxygen atoms in total. The summed E-state index contributed by atoms with van der Waals surface area (Å²) < 4.78 is 5.20. The zero-order valence-corrected chi connectivity index (χ0v) is 11.2. The second-order valence-electron chi connectivity index (χ2n) is 4.98. The first-order valence-corrected chi connectivity index (χ1v) is 6.77. The molecule has 3 rings (SSSR count). The lowest BCUT2D eigenvalue weighted by molar-refractivity contribution is -0.141. The van der Waals surface area contributed by atoms with E-state index in [4.69, 9.17) is 4.52 Å². The average molecular weight is 276 g/mol. The van der Waals surface area contributed by atoms with Gasteiger partial charge in [-0.3, -0.25) is 4.79 Å². The number of aliphatic carboxylic acids is 1. The first-order chi connectivity index (χ1) is 9.70. The number of anilines is 1. The second kappa shape index (κ2) is 5.07. The predicted molar refractivity (Wildman–Crippen MR) is 71.5 cm³/mol. The van der Waals surface area contributed by atoms with E-state index in [-0.39, 0.29) is 5.92 Å². The molecule has 3 heterocycles. The second-order valence-corrected chi connectivity index (χ2v) is 4.98. The summed E-state index contributed by atoms with van der Waals surface area (Å²) in [6.07, 6.45) is 3.72. The number of rotatable bonds is 3. The van der Waals surface area contributed by atoms with E-state index in [1.165, 1.54) is 6.33 Å². The Morgan fingerprint density at radius 2 is 2.40 bits per heavy atom. The van der Waals surface area contributed by atoms with Crippen LogP contribution >= 0.6 is 0 Å². The van der Waals surface area contributed by atoms with Crippen LogP contribution in [-0.2, 0) is 11.2 Å². The van der Waals surface area contributed by atoms with Crippen LogP contribution in [0, 0.1) is 5.92 Å². The molecule has 1 unspecified atom stereocenters. The molecule has 0 saturated carbocycles. The number of hydrogen-bond acceptors (Lipinski definition) is 6. The highest BCUT2D eigenvalue weighted by Gasteiger charge is 2.28. The largest absolute Gasteiger partial charge is 0.481 e. The molecule has 2 aromatic heterocycles. The van der Waals surface area contributed by atoms with Crippen LogP contribution in [0.4, 0.5) is 5.82 Å². The van der Waals surface area contributed by atoms with Crippen molar-refractivity contribution in [1.82, 2.24) is 15.1 Å². The van der Waals surface area contributed by atoms with Crippen molar-refractivity contribution in [2.24, 2.45) is 5.92 Å². The molecule has 0 amide bonds. The molecule has 1 N–H and O–H groups in total. The van der Waals surface area contributed by atoms with Crippen molar-refractivity contribution in [1.29, 1.82) is 0 Å². The van der Waals surface area contributed by atoms with Crippen molar-refractivity contribution in [2.75, 3.05) is 18.0 Å². The third kappa shape index (κ3) is 2.09. The Morgan fingerprint density at radius 3 is 3.15 bits per heavy atom. The van der Waals surface area contributed by atoms with Crippen LogP contribution in [-0.4, -0.2) is 39.3 Å². The maximum absolute atomic E-state index is 11.2. The molecule has 1 atom stereocenters. The van der Waals surface area contributed by atoms with Gasteiger partial charge in [0, 0.05) is 13.1 Å². The smallest absolute Gasteiger partial charge is 0.308 e. The fourth-order valence-electron chi connectivity index (χ4n) is 2.68. The van der Waals surface area contributed by atoms with Crippen LogP contribution in [0.3, 0.4) is 0 Å². The topological polar surface area (TPSA) is 92.4 Å². The van der Waals surface area contributed by atoms with Gasteiger partial charge in [0.1, 0.15) is 17.5 Å². The van der Waals surface area contributed by atoms with Crippen LogP contribution in [0.1, 0.15) is 25.5 Å². The molecule has 7 heteroatoms. The minimum Gasteiger partial charge on any atom is -0.481 e. The molecule has 20 heavy (non-hydrogen) atoms. The van der Waals surface area contributed by atoms with Gasteiger partial charge in [-0.25, -0.2) is 4.98 Å². The van der Waals surface area contributed by atoms with Crippen molar-refractivity contribution in [3.8, 4) is 0 Å². The molecule has 0 aliphatic carbocycles. The van der Waals surface area contributed by atoms with Crippen LogP contribution < -0.4 is 4.90 Å². The highest BCUT2D eigenvalue weighted by Crippen LogP contribution is 2.29. The number of hydrogen-bond donors (Lipinski definition) is 1. The molecule has 0 radical (unpaired) electrons. The Kier molecular flexibility index (Phi) is 3.25.